The van der Waals surface area contributed by atoms with E-state index in [2.05, 4.69) is 21.2 Å². The van der Waals surface area contributed by atoms with Crippen LogP contribution in [0.4, 0.5) is 0 Å². The molecule has 1 amide bonds. The van der Waals surface area contributed by atoms with Crippen molar-refractivity contribution in [3.05, 3.63) is 22.6 Å². The van der Waals surface area contributed by atoms with E-state index in [0.717, 1.165) is 0 Å². The molecule has 1 aromatic heterocycles. The lowest BCUT2D eigenvalue weighted by Gasteiger charge is -2.16. The van der Waals surface area contributed by atoms with Gasteiger partial charge < -0.3 is 19.2 Å². The number of amides is 1. The van der Waals surface area contributed by atoms with Crippen LogP contribution in [0.5, 0.6) is 0 Å². The lowest BCUT2D eigenvalue weighted by Crippen LogP contribution is -2.42. The van der Waals surface area contributed by atoms with Gasteiger partial charge in [-0.15, -0.1) is 0 Å². The Morgan fingerprint density at radius 2 is 1.95 bits per heavy atom. The maximum absolute atomic E-state index is 12.0. The van der Waals surface area contributed by atoms with Crippen molar-refractivity contribution in [1.29, 1.82) is 0 Å². The minimum atomic E-state index is -0.925. The van der Waals surface area contributed by atoms with Crippen molar-refractivity contribution in [3.8, 4) is 0 Å². The molecule has 1 rings (SSSR count). The predicted molar refractivity (Wildman–Crippen MR) is 80.2 cm³/mol. The molecule has 0 aliphatic rings. The fourth-order valence-electron chi connectivity index (χ4n) is 1.66. The Morgan fingerprint density at radius 3 is 2.50 bits per heavy atom. The first kappa shape index (κ1) is 18.2. The highest BCUT2D eigenvalue weighted by Crippen LogP contribution is 2.14. The van der Waals surface area contributed by atoms with Crippen molar-refractivity contribution in [1.82, 2.24) is 5.32 Å². The molecule has 22 heavy (non-hydrogen) atoms. The summed E-state index contributed by atoms with van der Waals surface area (Å²) in [7, 11) is 0. The third-order valence-corrected chi connectivity index (χ3v) is 3.06. The zero-order valence-electron chi connectivity index (χ0n) is 12.4. The smallest absolute Gasteiger partial charge is 0.328 e. The number of hydrogen-bond donors (Lipinski definition) is 1. The summed E-state index contributed by atoms with van der Waals surface area (Å²) in [6.07, 6.45) is 1.36. The van der Waals surface area contributed by atoms with E-state index in [0.29, 0.717) is 4.67 Å². The van der Waals surface area contributed by atoms with E-state index in [1.165, 1.54) is 12.3 Å². The van der Waals surface area contributed by atoms with Crippen molar-refractivity contribution < 1.29 is 28.3 Å². The number of esters is 2. The van der Waals surface area contributed by atoms with Gasteiger partial charge in [0.05, 0.1) is 18.8 Å². The first-order valence-electron chi connectivity index (χ1n) is 6.85. The molecule has 0 bridgehead atoms. The van der Waals surface area contributed by atoms with Crippen LogP contribution in [-0.2, 0) is 19.1 Å². The van der Waals surface area contributed by atoms with Gasteiger partial charge in [-0.2, -0.15) is 0 Å². The highest BCUT2D eigenvalue weighted by atomic mass is 79.9. The summed E-state index contributed by atoms with van der Waals surface area (Å²) in [6, 6.07) is 0.550. The van der Waals surface area contributed by atoms with Gasteiger partial charge >= 0.3 is 11.9 Å². The fraction of sp³-hybridized carbons (Fsp3) is 0.500. The Morgan fingerprint density at radius 1 is 1.27 bits per heavy atom. The minimum Gasteiger partial charge on any atom is -0.466 e. The second-order valence-electron chi connectivity index (χ2n) is 4.26. The molecule has 7 nitrogen and oxygen atoms in total. The van der Waals surface area contributed by atoms with E-state index < -0.39 is 23.9 Å². The van der Waals surface area contributed by atoms with Crippen molar-refractivity contribution in [2.24, 2.45) is 0 Å². The maximum Gasteiger partial charge on any atom is 0.328 e. The molecule has 1 aromatic rings. The number of nitrogens with one attached hydrogen (secondary N) is 1. The summed E-state index contributed by atoms with van der Waals surface area (Å²) in [5.41, 5.74) is 0.261. The highest BCUT2D eigenvalue weighted by molar-refractivity contribution is 9.10. The van der Waals surface area contributed by atoms with E-state index in [4.69, 9.17) is 13.9 Å². The Labute approximate surface area is 136 Å². The van der Waals surface area contributed by atoms with Crippen molar-refractivity contribution in [3.63, 3.8) is 0 Å². The molecule has 1 heterocycles. The summed E-state index contributed by atoms with van der Waals surface area (Å²) >= 11 is 3.09. The Balaban J connectivity index is 2.66. The number of ether oxygens (including phenoxy) is 2. The molecule has 0 aliphatic carbocycles. The third-order valence-electron chi connectivity index (χ3n) is 2.65. The Bertz CT molecular complexity index is 527. The number of hydrogen-bond acceptors (Lipinski definition) is 6. The summed E-state index contributed by atoms with van der Waals surface area (Å²) in [5.74, 6) is -1.52. The fourth-order valence-corrected chi connectivity index (χ4v) is 2.00. The Kier molecular flexibility index (Phi) is 7.65. The van der Waals surface area contributed by atoms with Gasteiger partial charge in [0.15, 0.2) is 4.67 Å². The summed E-state index contributed by atoms with van der Waals surface area (Å²) in [4.78, 5) is 35.3. The molecule has 0 unspecified atom stereocenters. The first-order chi connectivity index (χ1) is 10.5. The second kappa shape index (κ2) is 9.24. The van der Waals surface area contributed by atoms with Crippen LogP contribution >= 0.6 is 15.9 Å². The van der Waals surface area contributed by atoms with Gasteiger partial charge in [-0.25, -0.2) is 4.79 Å². The lowest BCUT2D eigenvalue weighted by atomic mass is 10.1. The van der Waals surface area contributed by atoms with Gasteiger partial charge in [-0.3, -0.25) is 9.59 Å². The summed E-state index contributed by atoms with van der Waals surface area (Å²) < 4.78 is 15.1. The molecule has 0 saturated heterocycles. The molecule has 1 N–H and O–H groups in total. The third kappa shape index (κ3) is 5.88. The van der Waals surface area contributed by atoms with Gasteiger partial charge in [-0.1, -0.05) is 0 Å². The standard InChI is InChI=1S/C14H18BrNO6/c1-3-20-12(17)6-5-10(14(19)21-4-2)16-13(18)9-7-11(15)22-8-9/h7-8,10H,3-6H2,1-2H3,(H,16,18)/t10-/m0/s1. The van der Waals surface area contributed by atoms with E-state index in [1.807, 2.05) is 0 Å². The van der Waals surface area contributed by atoms with Gasteiger partial charge in [-0.05, 0) is 36.2 Å². The van der Waals surface area contributed by atoms with E-state index in [1.54, 1.807) is 13.8 Å². The van der Waals surface area contributed by atoms with Crippen LogP contribution in [-0.4, -0.2) is 37.1 Å². The SMILES string of the molecule is CCOC(=O)CC[C@H](NC(=O)c1coc(Br)c1)C(=O)OCC. The highest BCUT2D eigenvalue weighted by Gasteiger charge is 2.24. The van der Waals surface area contributed by atoms with Crippen LogP contribution < -0.4 is 5.32 Å². The molecule has 0 radical (unpaired) electrons. The number of halogens is 1. The van der Waals surface area contributed by atoms with Gasteiger partial charge in [0, 0.05) is 12.5 Å². The Hall–Kier alpha value is -1.83. The van der Waals surface area contributed by atoms with E-state index >= 15 is 0 Å². The molecular weight excluding hydrogens is 358 g/mol. The van der Waals surface area contributed by atoms with Crippen LogP contribution in [0.25, 0.3) is 0 Å². The zero-order chi connectivity index (χ0) is 16.5. The molecule has 0 fully saturated rings. The lowest BCUT2D eigenvalue weighted by molar-refractivity contribution is -0.146. The van der Waals surface area contributed by atoms with Crippen LogP contribution in [0.1, 0.15) is 37.0 Å². The van der Waals surface area contributed by atoms with Crippen LogP contribution in [0, 0.1) is 0 Å². The van der Waals surface area contributed by atoms with E-state index in [9.17, 15) is 14.4 Å². The van der Waals surface area contributed by atoms with Crippen LogP contribution in [0.3, 0.4) is 0 Å². The van der Waals surface area contributed by atoms with Crippen LogP contribution in [0.2, 0.25) is 0 Å². The van der Waals surface area contributed by atoms with Gasteiger partial charge in [0.25, 0.3) is 5.91 Å². The number of rotatable bonds is 8. The molecule has 0 spiro atoms. The first-order valence-corrected chi connectivity index (χ1v) is 7.64. The van der Waals surface area contributed by atoms with Crippen molar-refractivity contribution >= 4 is 33.8 Å². The van der Waals surface area contributed by atoms with Gasteiger partial charge in [0.2, 0.25) is 0 Å². The average Bonchev–Trinajstić information content (AvgIpc) is 2.90. The second-order valence-corrected chi connectivity index (χ2v) is 5.04. The molecular formula is C14H18BrNO6. The summed E-state index contributed by atoms with van der Waals surface area (Å²) in [6.45, 7) is 3.80. The quantitative estimate of drug-likeness (QED) is 0.698. The van der Waals surface area contributed by atoms with E-state index in [-0.39, 0.29) is 31.6 Å². The zero-order valence-corrected chi connectivity index (χ0v) is 14.0. The summed E-state index contributed by atoms with van der Waals surface area (Å²) in [5, 5.41) is 2.53. The molecule has 8 heteroatoms. The molecule has 0 aliphatic heterocycles. The van der Waals surface area contributed by atoms with Crippen LogP contribution in [0.15, 0.2) is 21.4 Å². The number of carbonyl (C=O) groups excluding carboxylic acids is 3. The number of furan rings is 1. The largest absolute Gasteiger partial charge is 0.466 e. The molecule has 1 atom stereocenters. The topological polar surface area (TPSA) is 94.8 Å². The average molecular weight is 376 g/mol. The van der Waals surface area contributed by atoms with Gasteiger partial charge in [0.1, 0.15) is 12.3 Å². The van der Waals surface area contributed by atoms with Crippen molar-refractivity contribution in [2.45, 2.75) is 32.7 Å². The predicted octanol–water partition coefficient (Wildman–Crippen LogP) is 2.05. The normalized spacial score (nSPS) is 11.6. The molecule has 0 aromatic carbocycles. The maximum atomic E-state index is 12.0. The minimum absolute atomic E-state index is 0.00663. The molecule has 0 saturated carbocycles. The number of carbonyl (C=O) groups is 3. The van der Waals surface area contributed by atoms with Crippen molar-refractivity contribution in [2.75, 3.05) is 13.2 Å². The monoisotopic (exact) mass is 375 g/mol. The molecule has 122 valence electrons.